The quantitative estimate of drug-likeness (QED) is 0.886. The van der Waals surface area contributed by atoms with Crippen LogP contribution in [0.2, 0.25) is 0 Å². The van der Waals surface area contributed by atoms with E-state index in [4.69, 9.17) is 10.00 Å². The topological polar surface area (TPSA) is 102 Å². The van der Waals surface area contributed by atoms with Gasteiger partial charge in [-0.3, -0.25) is 4.79 Å². The summed E-state index contributed by atoms with van der Waals surface area (Å²) in [6, 6.07) is 11.0. The van der Waals surface area contributed by atoms with E-state index in [-0.39, 0.29) is 5.56 Å². The molecule has 0 aliphatic carbocycles. The van der Waals surface area contributed by atoms with Gasteiger partial charge in [-0.2, -0.15) is 10.5 Å². The summed E-state index contributed by atoms with van der Waals surface area (Å²) in [5.74, 6) is -0.0883. The molecule has 0 saturated heterocycles. The normalized spacial score (nSPS) is 15.8. The number of allylic oxidation sites excluding steroid dienone is 2. The fourth-order valence-electron chi connectivity index (χ4n) is 2.99. The number of rotatable bonds is 2. The zero-order valence-electron chi connectivity index (χ0n) is 13.2. The number of nitrogens with one attached hydrogen (secondary N) is 2. The summed E-state index contributed by atoms with van der Waals surface area (Å²) in [5.41, 5.74) is 3.11. The number of H-pyrrole nitrogens is 1. The standard InChI is InChI=1S/C18H14N4O2/c1-10-13(9-20)16(17-14(22-10)5-6-21-18(17)23)12-4-3-11(8-19)7-15(12)24-2/h3-7,16,22H,1-2H3,(H,21,23). The van der Waals surface area contributed by atoms with Gasteiger partial charge < -0.3 is 15.0 Å². The molecule has 0 saturated carbocycles. The van der Waals surface area contributed by atoms with Crippen molar-refractivity contribution in [3.05, 3.63) is 68.8 Å². The summed E-state index contributed by atoms with van der Waals surface area (Å²) in [6.45, 7) is 1.80. The van der Waals surface area contributed by atoms with Crippen LogP contribution in [-0.4, -0.2) is 12.1 Å². The molecular formula is C18H14N4O2. The van der Waals surface area contributed by atoms with E-state index < -0.39 is 5.92 Å². The molecular weight excluding hydrogens is 304 g/mol. The molecule has 1 aromatic carbocycles. The summed E-state index contributed by atoms with van der Waals surface area (Å²) in [4.78, 5) is 15.1. The minimum Gasteiger partial charge on any atom is -0.496 e. The van der Waals surface area contributed by atoms with Crippen molar-refractivity contribution in [2.24, 2.45) is 0 Å². The monoisotopic (exact) mass is 318 g/mol. The number of nitrogens with zero attached hydrogens (tertiary/aromatic N) is 2. The number of benzene rings is 1. The maximum Gasteiger partial charge on any atom is 0.254 e. The molecule has 2 heterocycles. The molecule has 2 N–H and O–H groups in total. The average molecular weight is 318 g/mol. The molecule has 1 unspecified atom stereocenters. The molecule has 24 heavy (non-hydrogen) atoms. The molecule has 6 nitrogen and oxygen atoms in total. The number of pyridine rings is 1. The van der Waals surface area contributed by atoms with Gasteiger partial charge in [0.15, 0.2) is 0 Å². The smallest absolute Gasteiger partial charge is 0.254 e. The lowest BCUT2D eigenvalue weighted by molar-refractivity contribution is 0.409. The molecule has 1 atom stereocenters. The number of anilines is 1. The first kappa shape index (κ1) is 15.4. The summed E-state index contributed by atoms with van der Waals surface area (Å²) in [5, 5.41) is 21.8. The number of fused-ring (bicyclic) bond motifs is 1. The van der Waals surface area contributed by atoms with Gasteiger partial charge in [-0.1, -0.05) is 6.07 Å². The third-order valence-electron chi connectivity index (χ3n) is 4.10. The van der Waals surface area contributed by atoms with E-state index in [1.807, 2.05) is 0 Å². The summed E-state index contributed by atoms with van der Waals surface area (Å²) >= 11 is 0. The molecule has 0 bridgehead atoms. The molecule has 3 rings (SSSR count). The van der Waals surface area contributed by atoms with E-state index in [1.165, 1.54) is 7.11 Å². The van der Waals surface area contributed by atoms with Gasteiger partial charge in [0.1, 0.15) is 5.75 Å². The van der Waals surface area contributed by atoms with Gasteiger partial charge in [-0.25, -0.2) is 0 Å². The van der Waals surface area contributed by atoms with Crippen molar-refractivity contribution in [2.75, 3.05) is 12.4 Å². The van der Waals surface area contributed by atoms with Gasteiger partial charge in [0, 0.05) is 23.1 Å². The van der Waals surface area contributed by atoms with Crippen molar-refractivity contribution in [1.29, 1.82) is 10.5 Å². The van der Waals surface area contributed by atoms with E-state index in [0.717, 1.165) is 0 Å². The van der Waals surface area contributed by atoms with Crippen molar-refractivity contribution >= 4 is 5.69 Å². The van der Waals surface area contributed by atoms with Gasteiger partial charge in [-0.15, -0.1) is 0 Å². The molecule has 0 fully saturated rings. The van der Waals surface area contributed by atoms with Crippen LogP contribution in [0.3, 0.4) is 0 Å². The Morgan fingerprint density at radius 2 is 2.00 bits per heavy atom. The molecule has 6 heteroatoms. The average Bonchev–Trinajstić information content (AvgIpc) is 2.60. The third-order valence-corrected chi connectivity index (χ3v) is 4.10. The second-order valence-electron chi connectivity index (χ2n) is 5.41. The van der Waals surface area contributed by atoms with Crippen LogP contribution in [0.1, 0.15) is 29.5 Å². The van der Waals surface area contributed by atoms with E-state index in [2.05, 4.69) is 22.4 Å². The minimum atomic E-state index is -0.557. The van der Waals surface area contributed by atoms with Crippen LogP contribution in [0.4, 0.5) is 5.69 Å². The highest BCUT2D eigenvalue weighted by Gasteiger charge is 2.32. The molecule has 1 aromatic heterocycles. The lowest BCUT2D eigenvalue weighted by Gasteiger charge is -2.28. The van der Waals surface area contributed by atoms with E-state index >= 15 is 0 Å². The molecule has 0 spiro atoms. The molecule has 2 aromatic rings. The number of aromatic nitrogens is 1. The molecule has 0 amide bonds. The van der Waals surface area contributed by atoms with Crippen molar-refractivity contribution in [3.8, 4) is 17.9 Å². The van der Waals surface area contributed by atoms with Gasteiger partial charge in [0.25, 0.3) is 5.56 Å². The number of hydrogen-bond donors (Lipinski definition) is 2. The van der Waals surface area contributed by atoms with Crippen molar-refractivity contribution in [1.82, 2.24) is 4.98 Å². The van der Waals surface area contributed by atoms with Crippen molar-refractivity contribution in [3.63, 3.8) is 0 Å². The number of hydrogen-bond acceptors (Lipinski definition) is 5. The van der Waals surface area contributed by atoms with Crippen LogP contribution in [0, 0.1) is 22.7 Å². The van der Waals surface area contributed by atoms with Gasteiger partial charge in [0.05, 0.1) is 41.9 Å². The Balaban J connectivity index is 2.33. The molecule has 1 aliphatic rings. The number of aromatic amines is 1. The highest BCUT2D eigenvalue weighted by atomic mass is 16.5. The van der Waals surface area contributed by atoms with Crippen LogP contribution in [0.15, 0.2) is 46.5 Å². The summed E-state index contributed by atoms with van der Waals surface area (Å²) < 4.78 is 5.41. The number of nitriles is 2. The van der Waals surface area contributed by atoms with E-state index in [1.54, 1.807) is 37.4 Å². The summed E-state index contributed by atoms with van der Waals surface area (Å²) in [6.07, 6.45) is 1.56. The predicted molar refractivity (Wildman–Crippen MR) is 88.6 cm³/mol. The number of methoxy groups -OCH3 is 1. The Hall–Kier alpha value is -3.51. The lowest BCUT2D eigenvalue weighted by atomic mass is 9.81. The highest BCUT2D eigenvalue weighted by Crippen LogP contribution is 2.42. The molecule has 0 radical (unpaired) electrons. The lowest BCUT2D eigenvalue weighted by Crippen LogP contribution is -2.25. The molecule has 1 aliphatic heterocycles. The second-order valence-corrected chi connectivity index (χ2v) is 5.41. The zero-order valence-corrected chi connectivity index (χ0v) is 13.2. The van der Waals surface area contributed by atoms with Crippen molar-refractivity contribution < 1.29 is 4.74 Å². The van der Waals surface area contributed by atoms with Gasteiger partial charge in [0.2, 0.25) is 0 Å². The van der Waals surface area contributed by atoms with Gasteiger partial charge >= 0.3 is 0 Å². The molecule has 118 valence electrons. The first-order chi connectivity index (χ1) is 11.6. The maximum absolute atomic E-state index is 12.4. The van der Waals surface area contributed by atoms with Crippen LogP contribution < -0.4 is 15.6 Å². The first-order valence-electron chi connectivity index (χ1n) is 7.28. The van der Waals surface area contributed by atoms with Gasteiger partial charge in [-0.05, 0) is 25.1 Å². The second kappa shape index (κ2) is 5.94. The number of ether oxygens (including phenoxy) is 1. The van der Waals surface area contributed by atoms with Crippen LogP contribution in [0.5, 0.6) is 5.75 Å². The Bertz CT molecular complexity index is 989. The fraction of sp³-hybridized carbons (Fsp3) is 0.167. The fourth-order valence-corrected chi connectivity index (χ4v) is 2.99. The minimum absolute atomic E-state index is 0.267. The SMILES string of the molecule is COc1cc(C#N)ccc1C1C(C#N)=C(C)Nc2cc[nH]c(=O)c21. The Kier molecular flexibility index (Phi) is 3.81. The predicted octanol–water partition coefficient (Wildman–Crippen LogP) is 2.61. The Morgan fingerprint density at radius 3 is 2.67 bits per heavy atom. The highest BCUT2D eigenvalue weighted by molar-refractivity contribution is 5.68. The Morgan fingerprint density at radius 1 is 1.21 bits per heavy atom. The van der Waals surface area contributed by atoms with Crippen LogP contribution in [-0.2, 0) is 0 Å². The van der Waals surface area contributed by atoms with Crippen LogP contribution >= 0.6 is 0 Å². The van der Waals surface area contributed by atoms with Crippen molar-refractivity contribution in [2.45, 2.75) is 12.8 Å². The maximum atomic E-state index is 12.4. The third kappa shape index (κ3) is 2.31. The largest absolute Gasteiger partial charge is 0.496 e. The van der Waals surface area contributed by atoms with E-state index in [9.17, 15) is 10.1 Å². The zero-order chi connectivity index (χ0) is 17.3. The Labute approximate surface area is 138 Å². The first-order valence-corrected chi connectivity index (χ1v) is 7.28. The summed E-state index contributed by atoms with van der Waals surface area (Å²) in [7, 11) is 1.50. The van der Waals surface area contributed by atoms with E-state index in [0.29, 0.717) is 39.4 Å². The van der Waals surface area contributed by atoms with Crippen LogP contribution in [0.25, 0.3) is 0 Å².